The third-order valence-electron chi connectivity index (χ3n) is 3.30. The molecule has 0 fully saturated rings. The topological polar surface area (TPSA) is 47.8 Å². The number of nitrogens with zero attached hydrogens (tertiary/aromatic N) is 3. The number of ketones is 1. The summed E-state index contributed by atoms with van der Waals surface area (Å²) < 4.78 is 1.77. The zero-order chi connectivity index (χ0) is 11.8. The molecule has 4 nitrogen and oxygen atoms in total. The second kappa shape index (κ2) is 3.80. The number of benzene rings is 1. The number of carbonyl (C=O) groups is 1. The minimum absolute atomic E-state index is 0.147. The van der Waals surface area contributed by atoms with E-state index in [9.17, 15) is 4.79 Å². The van der Waals surface area contributed by atoms with Crippen LogP contribution in [0.25, 0.3) is 5.69 Å². The van der Waals surface area contributed by atoms with Crippen molar-refractivity contribution in [2.75, 3.05) is 0 Å². The van der Waals surface area contributed by atoms with Crippen LogP contribution in [0.2, 0.25) is 0 Å². The third kappa shape index (κ3) is 1.56. The van der Waals surface area contributed by atoms with Crippen molar-refractivity contribution in [3.8, 4) is 5.69 Å². The normalized spacial score (nSPS) is 13.7. The van der Waals surface area contributed by atoms with Gasteiger partial charge in [-0.1, -0.05) is 0 Å². The Bertz CT molecular complexity index is 573. The van der Waals surface area contributed by atoms with Gasteiger partial charge in [0, 0.05) is 5.56 Å². The van der Waals surface area contributed by atoms with Gasteiger partial charge in [0.25, 0.3) is 0 Å². The van der Waals surface area contributed by atoms with Crippen molar-refractivity contribution in [1.82, 2.24) is 14.8 Å². The second-order valence-electron chi connectivity index (χ2n) is 4.34. The Hall–Kier alpha value is -1.97. The minimum atomic E-state index is 0.147. The van der Waals surface area contributed by atoms with E-state index in [4.69, 9.17) is 0 Å². The molecule has 0 bridgehead atoms. The standard InChI is InChI=1S/C13H13N3O/c1-9(17)10-5-6-13(16-8-14-7-15-16)12-4-2-3-11(10)12/h5-8H,2-4H2,1H3. The summed E-state index contributed by atoms with van der Waals surface area (Å²) in [6, 6.07) is 3.87. The van der Waals surface area contributed by atoms with Crippen molar-refractivity contribution in [2.45, 2.75) is 26.2 Å². The van der Waals surface area contributed by atoms with Crippen molar-refractivity contribution in [3.63, 3.8) is 0 Å². The summed E-state index contributed by atoms with van der Waals surface area (Å²) in [5, 5.41) is 4.16. The largest absolute Gasteiger partial charge is 0.295 e. The average molecular weight is 227 g/mol. The van der Waals surface area contributed by atoms with Crippen LogP contribution in [0.5, 0.6) is 0 Å². The molecule has 0 aliphatic heterocycles. The van der Waals surface area contributed by atoms with Gasteiger partial charge in [-0.05, 0) is 49.4 Å². The van der Waals surface area contributed by atoms with Gasteiger partial charge in [-0.2, -0.15) is 5.10 Å². The fraction of sp³-hybridized carbons (Fsp3) is 0.308. The summed E-state index contributed by atoms with van der Waals surface area (Å²) in [4.78, 5) is 15.5. The Labute approximate surface area is 99.3 Å². The summed E-state index contributed by atoms with van der Waals surface area (Å²) in [6.07, 6.45) is 6.35. The zero-order valence-electron chi connectivity index (χ0n) is 9.68. The molecule has 0 amide bonds. The van der Waals surface area contributed by atoms with Gasteiger partial charge in [0.1, 0.15) is 12.7 Å². The molecule has 17 heavy (non-hydrogen) atoms. The summed E-state index contributed by atoms with van der Waals surface area (Å²) in [6.45, 7) is 1.63. The van der Waals surface area contributed by atoms with Gasteiger partial charge < -0.3 is 0 Å². The van der Waals surface area contributed by atoms with Crippen LogP contribution in [-0.2, 0) is 12.8 Å². The third-order valence-corrected chi connectivity index (χ3v) is 3.30. The van der Waals surface area contributed by atoms with E-state index in [1.807, 2.05) is 12.1 Å². The molecule has 1 aromatic heterocycles. The fourth-order valence-corrected chi connectivity index (χ4v) is 2.56. The van der Waals surface area contributed by atoms with Crippen LogP contribution < -0.4 is 0 Å². The highest BCUT2D eigenvalue weighted by atomic mass is 16.1. The molecule has 1 aliphatic rings. The van der Waals surface area contributed by atoms with Gasteiger partial charge in [0.15, 0.2) is 5.78 Å². The first-order chi connectivity index (χ1) is 8.27. The van der Waals surface area contributed by atoms with Crippen molar-refractivity contribution in [1.29, 1.82) is 0 Å². The summed E-state index contributed by atoms with van der Waals surface area (Å²) in [5.41, 5.74) is 4.37. The molecule has 2 aromatic rings. The van der Waals surface area contributed by atoms with E-state index < -0.39 is 0 Å². The molecule has 86 valence electrons. The van der Waals surface area contributed by atoms with E-state index in [0.29, 0.717) is 0 Å². The summed E-state index contributed by atoms with van der Waals surface area (Å²) >= 11 is 0. The van der Waals surface area contributed by atoms with Crippen LogP contribution >= 0.6 is 0 Å². The number of carbonyl (C=O) groups excluding carboxylic acids is 1. The molecule has 0 spiro atoms. The lowest BCUT2D eigenvalue weighted by Gasteiger charge is -2.10. The Kier molecular flexibility index (Phi) is 2.28. The zero-order valence-corrected chi connectivity index (χ0v) is 9.68. The van der Waals surface area contributed by atoms with E-state index in [1.54, 1.807) is 17.9 Å². The summed E-state index contributed by atoms with van der Waals surface area (Å²) in [5.74, 6) is 0.147. The van der Waals surface area contributed by atoms with Crippen molar-refractivity contribution >= 4 is 5.78 Å². The molecule has 0 saturated heterocycles. The lowest BCUT2D eigenvalue weighted by Crippen LogP contribution is -2.04. The highest BCUT2D eigenvalue weighted by Gasteiger charge is 2.21. The average Bonchev–Trinajstić information content (AvgIpc) is 2.98. The number of hydrogen-bond acceptors (Lipinski definition) is 3. The molecule has 4 heteroatoms. The maximum Gasteiger partial charge on any atom is 0.160 e. The second-order valence-corrected chi connectivity index (χ2v) is 4.34. The van der Waals surface area contributed by atoms with E-state index in [2.05, 4.69) is 10.1 Å². The molecule has 1 aromatic carbocycles. The molecule has 1 heterocycles. The van der Waals surface area contributed by atoms with Gasteiger partial charge in [-0.25, -0.2) is 9.67 Å². The number of aromatic nitrogens is 3. The molecule has 0 N–H and O–H groups in total. The molecular weight excluding hydrogens is 214 g/mol. The highest BCUT2D eigenvalue weighted by molar-refractivity contribution is 5.96. The fourth-order valence-electron chi connectivity index (χ4n) is 2.56. The Balaban J connectivity index is 2.21. The lowest BCUT2D eigenvalue weighted by molar-refractivity contribution is 0.101. The molecule has 1 aliphatic carbocycles. The number of rotatable bonds is 2. The van der Waals surface area contributed by atoms with Gasteiger partial charge in [0.05, 0.1) is 5.69 Å². The molecule has 0 atom stereocenters. The summed E-state index contributed by atoms with van der Waals surface area (Å²) in [7, 11) is 0. The van der Waals surface area contributed by atoms with E-state index in [1.165, 1.54) is 17.5 Å². The van der Waals surface area contributed by atoms with Gasteiger partial charge in [-0.15, -0.1) is 0 Å². The first-order valence-corrected chi connectivity index (χ1v) is 5.78. The molecule has 0 unspecified atom stereocenters. The van der Waals surface area contributed by atoms with Crippen LogP contribution in [0, 0.1) is 0 Å². The Morgan fingerprint density at radius 2 is 2.12 bits per heavy atom. The number of fused-ring (bicyclic) bond motifs is 1. The molecule has 0 radical (unpaired) electrons. The number of hydrogen-bond donors (Lipinski definition) is 0. The van der Waals surface area contributed by atoms with Crippen molar-refractivity contribution in [2.24, 2.45) is 0 Å². The maximum absolute atomic E-state index is 11.6. The predicted molar refractivity (Wildman–Crippen MR) is 63.4 cm³/mol. The van der Waals surface area contributed by atoms with Crippen molar-refractivity contribution < 1.29 is 4.79 Å². The van der Waals surface area contributed by atoms with Crippen LogP contribution in [0.15, 0.2) is 24.8 Å². The smallest absolute Gasteiger partial charge is 0.160 e. The highest BCUT2D eigenvalue weighted by Crippen LogP contribution is 2.30. The first kappa shape index (κ1) is 10.2. The van der Waals surface area contributed by atoms with E-state index in [-0.39, 0.29) is 5.78 Å². The number of Topliss-reactive ketones (excluding diaryl/α,β-unsaturated/α-hetero) is 1. The van der Waals surface area contributed by atoms with E-state index in [0.717, 1.165) is 30.5 Å². The van der Waals surface area contributed by atoms with Gasteiger partial charge in [0.2, 0.25) is 0 Å². The van der Waals surface area contributed by atoms with Crippen molar-refractivity contribution in [3.05, 3.63) is 41.5 Å². The maximum atomic E-state index is 11.6. The molecule has 3 rings (SSSR count). The van der Waals surface area contributed by atoms with Crippen LogP contribution in [0.3, 0.4) is 0 Å². The van der Waals surface area contributed by atoms with E-state index >= 15 is 0 Å². The van der Waals surface area contributed by atoms with Crippen LogP contribution in [-0.4, -0.2) is 20.5 Å². The van der Waals surface area contributed by atoms with Gasteiger partial charge in [-0.3, -0.25) is 4.79 Å². The monoisotopic (exact) mass is 227 g/mol. The minimum Gasteiger partial charge on any atom is -0.295 e. The molecular formula is C13H13N3O. The Morgan fingerprint density at radius 3 is 2.82 bits per heavy atom. The molecule has 0 saturated carbocycles. The SMILES string of the molecule is CC(=O)c1ccc(-n2cncn2)c2c1CCC2. The lowest BCUT2D eigenvalue weighted by atomic mass is 9.99. The van der Waals surface area contributed by atoms with Gasteiger partial charge >= 0.3 is 0 Å². The predicted octanol–water partition coefficient (Wildman–Crippen LogP) is 1.96. The first-order valence-electron chi connectivity index (χ1n) is 5.78. The quantitative estimate of drug-likeness (QED) is 0.737. The Morgan fingerprint density at radius 1 is 1.29 bits per heavy atom. The van der Waals surface area contributed by atoms with Crippen LogP contribution in [0.1, 0.15) is 34.8 Å². The van der Waals surface area contributed by atoms with Crippen LogP contribution in [0.4, 0.5) is 0 Å².